The number of nitriles is 1. The van der Waals surface area contributed by atoms with Crippen molar-refractivity contribution in [2.75, 3.05) is 12.4 Å². The average Bonchev–Trinajstić information content (AvgIpc) is 2.53. The first-order chi connectivity index (χ1) is 11.0. The minimum atomic E-state index is -0.491. The van der Waals surface area contributed by atoms with Crippen molar-refractivity contribution in [1.29, 1.82) is 5.26 Å². The van der Waals surface area contributed by atoms with Crippen LogP contribution in [0.5, 0.6) is 5.75 Å². The summed E-state index contributed by atoms with van der Waals surface area (Å²) in [5.41, 5.74) is 2.22. The molecule has 0 saturated heterocycles. The maximum absolute atomic E-state index is 12.2. The predicted molar refractivity (Wildman–Crippen MR) is 91.4 cm³/mol. The molecule has 116 valence electrons. The van der Waals surface area contributed by atoms with Gasteiger partial charge in [0.25, 0.3) is 5.91 Å². The number of nitrogens with zero attached hydrogens (tertiary/aromatic N) is 1. The maximum atomic E-state index is 12.2. The Morgan fingerprint density at radius 2 is 2.09 bits per heavy atom. The number of aryl methyl sites for hydroxylation is 1. The van der Waals surface area contributed by atoms with Gasteiger partial charge in [-0.15, -0.1) is 0 Å². The van der Waals surface area contributed by atoms with Crippen molar-refractivity contribution >= 4 is 29.3 Å². The summed E-state index contributed by atoms with van der Waals surface area (Å²) in [5.74, 6) is 0.209. The van der Waals surface area contributed by atoms with E-state index in [9.17, 15) is 10.1 Å². The molecule has 0 bridgehead atoms. The van der Waals surface area contributed by atoms with Gasteiger partial charge in [0.2, 0.25) is 0 Å². The van der Waals surface area contributed by atoms with Crippen LogP contribution in [0.3, 0.4) is 0 Å². The molecular weight excluding hydrogens is 312 g/mol. The summed E-state index contributed by atoms with van der Waals surface area (Å²) in [6.07, 6.45) is 1.52. The number of rotatable bonds is 4. The van der Waals surface area contributed by atoms with Crippen molar-refractivity contribution in [2.24, 2.45) is 0 Å². The van der Waals surface area contributed by atoms with Gasteiger partial charge in [-0.05, 0) is 48.4 Å². The smallest absolute Gasteiger partial charge is 0.266 e. The van der Waals surface area contributed by atoms with Gasteiger partial charge in [-0.1, -0.05) is 29.8 Å². The molecule has 0 aliphatic rings. The van der Waals surface area contributed by atoms with Crippen LogP contribution in [0.4, 0.5) is 5.69 Å². The summed E-state index contributed by atoms with van der Waals surface area (Å²) in [4.78, 5) is 12.2. The summed E-state index contributed by atoms with van der Waals surface area (Å²) >= 11 is 5.87. The average molecular weight is 327 g/mol. The van der Waals surface area contributed by atoms with Crippen LogP contribution >= 0.6 is 11.6 Å². The van der Waals surface area contributed by atoms with E-state index in [4.69, 9.17) is 16.3 Å². The van der Waals surface area contributed by atoms with Gasteiger partial charge in [0.1, 0.15) is 17.4 Å². The van der Waals surface area contributed by atoms with Gasteiger partial charge in [0.15, 0.2) is 0 Å². The molecular formula is C18H15ClN2O2. The van der Waals surface area contributed by atoms with Crippen LogP contribution in [0, 0.1) is 18.3 Å². The minimum Gasteiger partial charge on any atom is -0.496 e. The molecule has 0 unspecified atom stereocenters. The van der Waals surface area contributed by atoms with Gasteiger partial charge < -0.3 is 10.1 Å². The number of carbonyl (C=O) groups excluding carboxylic acids is 1. The number of benzene rings is 2. The maximum Gasteiger partial charge on any atom is 0.266 e. The fourth-order valence-electron chi connectivity index (χ4n) is 2.01. The van der Waals surface area contributed by atoms with Crippen LogP contribution in [0.1, 0.15) is 11.1 Å². The molecule has 2 aromatic carbocycles. The number of anilines is 1. The lowest BCUT2D eigenvalue weighted by Gasteiger charge is -2.07. The van der Waals surface area contributed by atoms with Crippen molar-refractivity contribution in [3.8, 4) is 11.8 Å². The number of methoxy groups -OCH3 is 1. The lowest BCUT2D eigenvalue weighted by atomic mass is 10.1. The van der Waals surface area contributed by atoms with Crippen molar-refractivity contribution in [3.05, 3.63) is 64.2 Å². The number of hydrogen-bond acceptors (Lipinski definition) is 3. The molecule has 0 atom stereocenters. The molecule has 0 aliphatic carbocycles. The Labute approximate surface area is 140 Å². The van der Waals surface area contributed by atoms with Gasteiger partial charge in [-0.3, -0.25) is 4.79 Å². The SMILES string of the molecule is COc1cc(/C=C(\C#N)C(=O)Nc2cccc(Cl)c2)ccc1C. The number of carbonyl (C=O) groups is 1. The van der Waals surface area contributed by atoms with Crippen LogP contribution in [-0.2, 0) is 4.79 Å². The molecule has 2 rings (SSSR count). The number of halogens is 1. The van der Waals surface area contributed by atoms with E-state index in [2.05, 4.69) is 5.32 Å². The van der Waals surface area contributed by atoms with Crippen LogP contribution in [-0.4, -0.2) is 13.0 Å². The number of ether oxygens (including phenoxy) is 1. The van der Waals surface area contributed by atoms with Crippen molar-refractivity contribution in [2.45, 2.75) is 6.92 Å². The molecule has 0 radical (unpaired) electrons. The highest BCUT2D eigenvalue weighted by atomic mass is 35.5. The van der Waals surface area contributed by atoms with Gasteiger partial charge in [0, 0.05) is 10.7 Å². The Morgan fingerprint density at radius 1 is 1.30 bits per heavy atom. The van der Waals surface area contributed by atoms with Gasteiger partial charge >= 0.3 is 0 Å². The standard InChI is InChI=1S/C18H15ClN2O2/c1-12-6-7-13(9-17(12)23-2)8-14(11-20)18(22)21-16-5-3-4-15(19)10-16/h3-10H,1-2H3,(H,21,22)/b14-8+. The zero-order valence-corrected chi connectivity index (χ0v) is 13.5. The van der Waals surface area contributed by atoms with E-state index in [0.29, 0.717) is 22.0 Å². The minimum absolute atomic E-state index is 0.00381. The summed E-state index contributed by atoms with van der Waals surface area (Å²) in [7, 11) is 1.58. The zero-order valence-electron chi connectivity index (χ0n) is 12.8. The molecule has 23 heavy (non-hydrogen) atoms. The largest absolute Gasteiger partial charge is 0.496 e. The lowest BCUT2D eigenvalue weighted by molar-refractivity contribution is -0.112. The monoisotopic (exact) mass is 326 g/mol. The second-order valence-corrected chi connectivity index (χ2v) is 5.30. The third-order valence-corrected chi connectivity index (χ3v) is 3.43. The highest BCUT2D eigenvalue weighted by molar-refractivity contribution is 6.31. The quantitative estimate of drug-likeness (QED) is 0.676. The first kappa shape index (κ1) is 16.6. The molecule has 2 aromatic rings. The second kappa shape index (κ2) is 7.48. The van der Waals surface area contributed by atoms with Gasteiger partial charge in [0.05, 0.1) is 7.11 Å². The van der Waals surface area contributed by atoms with Crippen molar-refractivity contribution < 1.29 is 9.53 Å². The molecule has 4 nitrogen and oxygen atoms in total. The Kier molecular flexibility index (Phi) is 5.40. The second-order valence-electron chi connectivity index (χ2n) is 4.86. The molecule has 0 aromatic heterocycles. The highest BCUT2D eigenvalue weighted by Crippen LogP contribution is 2.21. The Bertz CT molecular complexity index is 807. The molecule has 0 heterocycles. The van der Waals surface area contributed by atoms with E-state index < -0.39 is 5.91 Å². The van der Waals surface area contributed by atoms with E-state index in [1.165, 1.54) is 6.08 Å². The van der Waals surface area contributed by atoms with Crippen LogP contribution in [0.25, 0.3) is 6.08 Å². The van der Waals surface area contributed by atoms with E-state index in [0.717, 1.165) is 5.56 Å². The molecule has 1 N–H and O–H groups in total. The normalized spacial score (nSPS) is 10.8. The van der Waals surface area contributed by atoms with Gasteiger partial charge in [-0.2, -0.15) is 5.26 Å². The van der Waals surface area contributed by atoms with Crippen molar-refractivity contribution in [3.63, 3.8) is 0 Å². The third-order valence-electron chi connectivity index (χ3n) is 3.19. The lowest BCUT2D eigenvalue weighted by Crippen LogP contribution is -2.13. The fraction of sp³-hybridized carbons (Fsp3) is 0.111. The van der Waals surface area contributed by atoms with Crippen LogP contribution in [0.2, 0.25) is 5.02 Å². The first-order valence-electron chi connectivity index (χ1n) is 6.87. The Morgan fingerprint density at radius 3 is 2.74 bits per heavy atom. The Hall–Kier alpha value is -2.77. The van der Waals surface area contributed by atoms with Crippen LogP contribution < -0.4 is 10.1 Å². The summed E-state index contributed by atoms with van der Waals surface area (Å²) < 4.78 is 5.24. The molecule has 0 aliphatic heterocycles. The van der Waals surface area contributed by atoms with E-state index in [-0.39, 0.29) is 5.57 Å². The van der Waals surface area contributed by atoms with Gasteiger partial charge in [-0.25, -0.2) is 0 Å². The summed E-state index contributed by atoms with van der Waals surface area (Å²) in [5, 5.41) is 12.4. The topological polar surface area (TPSA) is 62.1 Å². The Balaban J connectivity index is 2.25. The summed E-state index contributed by atoms with van der Waals surface area (Å²) in [6.45, 7) is 1.92. The number of amides is 1. The molecule has 5 heteroatoms. The zero-order chi connectivity index (χ0) is 16.8. The molecule has 0 fully saturated rings. The molecule has 0 saturated carbocycles. The van der Waals surface area contributed by atoms with E-state index in [1.54, 1.807) is 37.4 Å². The van der Waals surface area contributed by atoms with Crippen LogP contribution in [0.15, 0.2) is 48.0 Å². The van der Waals surface area contributed by atoms with E-state index in [1.807, 2.05) is 25.1 Å². The predicted octanol–water partition coefficient (Wildman–Crippen LogP) is 4.20. The van der Waals surface area contributed by atoms with E-state index >= 15 is 0 Å². The number of hydrogen-bond donors (Lipinski definition) is 1. The molecule has 1 amide bonds. The van der Waals surface area contributed by atoms with Crippen molar-refractivity contribution in [1.82, 2.24) is 0 Å². The molecule has 0 spiro atoms. The summed E-state index contributed by atoms with van der Waals surface area (Å²) in [6, 6.07) is 14.1. The third kappa shape index (κ3) is 4.35. The number of nitrogens with one attached hydrogen (secondary N) is 1. The highest BCUT2D eigenvalue weighted by Gasteiger charge is 2.10. The first-order valence-corrected chi connectivity index (χ1v) is 7.24. The fourth-order valence-corrected chi connectivity index (χ4v) is 2.20.